The number of nitrogens with zero attached hydrogens (tertiary/aromatic N) is 3. The summed E-state index contributed by atoms with van der Waals surface area (Å²) in [5.74, 6) is -0.0600. The van der Waals surface area contributed by atoms with E-state index in [0.29, 0.717) is 16.6 Å². The van der Waals surface area contributed by atoms with Gasteiger partial charge in [-0.3, -0.25) is 18.9 Å². The summed E-state index contributed by atoms with van der Waals surface area (Å²) in [4.78, 5) is 33.8. The molecule has 2 aromatic heterocycles. The number of carbonyl (C=O) groups excluding carboxylic acids is 1. The topological polar surface area (TPSA) is 66.7 Å². The lowest BCUT2D eigenvalue weighted by Crippen LogP contribution is -2.38. The van der Waals surface area contributed by atoms with Crippen LogP contribution in [0.25, 0.3) is 38.2 Å². The number of pyridine rings is 1. The minimum atomic E-state index is -0.299. The number of rotatable bonds is 0. The summed E-state index contributed by atoms with van der Waals surface area (Å²) in [6.45, 7) is 0. The summed E-state index contributed by atoms with van der Waals surface area (Å²) < 4.78 is 1.69. The van der Waals surface area contributed by atoms with Gasteiger partial charge in [0.1, 0.15) is 11.8 Å². The number of benzene rings is 4. The Morgan fingerprint density at radius 3 is 2.56 bits per heavy atom. The lowest BCUT2D eigenvalue weighted by molar-refractivity contribution is 0.0980. The van der Waals surface area contributed by atoms with E-state index in [1.54, 1.807) is 16.5 Å². The minimum Gasteiger partial charge on any atom is -0.359 e. The number of imidazole rings is 1. The molecule has 1 amide bonds. The van der Waals surface area contributed by atoms with Crippen molar-refractivity contribution in [1.82, 2.24) is 9.38 Å². The Labute approximate surface area is 180 Å². The van der Waals surface area contributed by atoms with Gasteiger partial charge in [0.05, 0.1) is 22.4 Å². The van der Waals surface area contributed by atoms with E-state index in [1.165, 1.54) is 0 Å². The molecule has 0 fully saturated rings. The summed E-state index contributed by atoms with van der Waals surface area (Å²) in [6, 6.07) is 23.2. The SMILES string of the molecule is O=C1c2ccc3c(=O)n4c5ccccc5nc4c4ccc(c2c34)C2Nc3ccccc3N12. The molecule has 0 radical (unpaired) electrons. The zero-order valence-electron chi connectivity index (χ0n) is 16.7. The van der Waals surface area contributed by atoms with E-state index in [9.17, 15) is 9.59 Å². The number of aromatic nitrogens is 2. The molecule has 8 rings (SSSR count). The molecule has 1 atom stereocenters. The van der Waals surface area contributed by atoms with Crippen molar-refractivity contribution in [2.24, 2.45) is 0 Å². The number of nitrogens with one attached hydrogen (secondary N) is 1. The Bertz CT molecular complexity index is 1870. The number of fused-ring (bicyclic) bond motifs is 8. The van der Waals surface area contributed by atoms with Crippen LogP contribution in [0.2, 0.25) is 0 Å². The van der Waals surface area contributed by atoms with Gasteiger partial charge in [0.2, 0.25) is 0 Å². The van der Waals surface area contributed by atoms with Crippen LogP contribution in [0, 0.1) is 0 Å². The molecular formula is C26H14N4O2. The van der Waals surface area contributed by atoms with Crippen molar-refractivity contribution >= 4 is 55.5 Å². The summed E-state index contributed by atoms with van der Waals surface area (Å²) >= 11 is 0. The van der Waals surface area contributed by atoms with Crippen LogP contribution in [-0.4, -0.2) is 15.3 Å². The van der Waals surface area contributed by atoms with Gasteiger partial charge in [-0.05, 0) is 36.4 Å². The van der Waals surface area contributed by atoms with Crippen LogP contribution in [0.1, 0.15) is 22.1 Å². The highest BCUT2D eigenvalue weighted by Gasteiger charge is 2.41. The largest absolute Gasteiger partial charge is 0.359 e. The van der Waals surface area contributed by atoms with E-state index in [2.05, 4.69) is 11.4 Å². The second kappa shape index (κ2) is 5.23. The second-order valence-corrected chi connectivity index (χ2v) is 8.42. The van der Waals surface area contributed by atoms with Crippen LogP contribution in [-0.2, 0) is 0 Å². The number of para-hydroxylation sites is 4. The Hall–Kier alpha value is -4.45. The average Bonchev–Trinajstić information content (AvgIpc) is 3.40. The highest BCUT2D eigenvalue weighted by Crippen LogP contribution is 2.48. The first-order valence-corrected chi connectivity index (χ1v) is 10.5. The Balaban J connectivity index is 1.55. The highest BCUT2D eigenvalue weighted by atomic mass is 16.2. The van der Waals surface area contributed by atoms with Gasteiger partial charge in [0.15, 0.2) is 0 Å². The zero-order chi connectivity index (χ0) is 21.1. The summed E-state index contributed by atoms with van der Waals surface area (Å²) in [5.41, 5.74) is 5.51. The normalized spacial score (nSPS) is 16.8. The monoisotopic (exact) mass is 414 g/mol. The molecular weight excluding hydrogens is 400 g/mol. The van der Waals surface area contributed by atoms with Crippen LogP contribution in [0.3, 0.4) is 0 Å². The van der Waals surface area contributed by atoms with E-state index in [0.717, 1.165) is 44.1 Å². The predicted molar refractivity (Wildman–Crippen MR) is 125 cm³/mol. The number of carbonyl (C=O) groups is 1. The molecule has 0 saturated heterocycles. The Kier molecular flexibility index (Phi) is 2.66. The maximum absolute atomic E-state index is 13.6. The number of hydrogen-bond acceptors (Lipinski definition) is 4. The smallest absolute Gasteiger partial charge is 0.264 e. The molecule has 6 heteroatoms. The molecule has 1 N–H and O–H groups in total. The number of anilines is 2. The summed E-state index contributed by atoms with van der Waals surface area (Å²) in [5, 5.41) is 6.64. The molecule has 6 nitrogen and oxygen atoms in total. The van der Waals surface area contributed by atoms with E-state index >= 15 is 0 Å². The van der Waals surface area contributed by atoms with E-state index in [4.69, 9.17) is 4.98 Å². The molecule has 4 aromatic carbocycles. The first-order valence-electron chi connectivity index (χ1n) is 10.5. The van der Waals surface area contributed by atoms with Crippen LogP contribution < -0.4 is 15.8 Å². The second-order valence-electron chi connectivity index (χ2n) is 8.42. The van der Waals surface area contributed by atoms with E-state index in [1.807, 2.05) is 59.5 Å². The Morgan fingerprint density at radius 1 is 0.812 bits per heavy atom. The van der Waals surface area contributed by atoms with Crippen molar-refractivity contribution in [2.45, 2.75) is 6.17 Å². The molecule has 150 valence electrons. The third-order valence-corrected chi connectivity index (χ3v) is 6.89. The highest BCUT2D eigenvalue weighted by molar-refractivity contribution is 6.27. The molecule has 6 aromatic rings. The molecule has 2 aliphatic rings. The van der Waals surface area contributed by atoms with Gasteiger partial charge in [0, 0.05) is 32.7 Å². The molecule has 0 bridgehead atoms. The molecule has 0 spiro atoms. The van der Waals surface area contributed by atoms with Gasteiger partial charge in [0.25, 0.3) is 11.5 Å². The minimum absolute atomic E-state index is 0.0600. The zero-order valence-corrected chi connectivity index (χ0v) is 16.7. The lowest BCUT2D eigenvalue weighted by Gasteiger charge is -2.32. The fourth-order valence-corrected chi connectivity index (χ4v) is 5.56. The first-order chi connectivity index (χ1) is 15.7. The fourth-order valence-electron chi connectivity index (χ4n) is 5.56. The maximum Gasteiger partial charge on any atom is 0.264 e. The van der Waals surface area contributed by atoms with Gasteiger partial charge in [-0.25, -0.2) is 4.98 Å². The molecule has 1 unspecified atom stereocenters. The third-order valence-electron chi connectivity index (χ3n) is 6.89. The molecule has 2 aliphatic heterocycles. The van der Waals surface area contributed by atoms with Crippen LogP contribution in [0.5, 0.6) is 0 Å². The van der Waals surface area contributed by atoms with Crippen molar-refractivity contribution in [1.29, 1.82) is 0 Å². The van der Waals surface area contributed by atoms with Gasteiger partial charge < -0.3 is 5.32 Å². The molecule has 0 aliphatic carbocycles. The standard InChI is InChI=1S/C26H14N4O2/c31-25-15-11-12-16-22-14(24-28-18-6-2-4-8-20(18)30(24)26(16)32)10-9-13(21(15)22)23-27-17-5-1-3-7-19(17)29(23)25/h1-12,23,27H. The van der Waals surface area contributed by atoms with Gasteiger partial charge >= 0.3 is 0 Å². The van der Waals surface area contributed by atoms with Gasteiger partial charge in [-0.2, -0.15) is 0 Å². The van der Waals surface area contributed by atoms with Gasteiger partial charge in [-0.1, -0.05) is 36.4 Å². The number of hydrogen-bond donors (Lipinski definition) is 1. The molecule has 32 heavy (non-hydrogen) atoms. The molecule has 0 saturated carbocycles. The lowest BCUT2D eigenvalue weighted by atomic mass is 9.89. The van der Waals surface area contributed by atoms with Crippen molar-refractivity contribution < 1.29 is 4.79 Å². The van der Waals surface area contributed by atoms with Gasteiger partial charge in [-0.15, -0.1) is 0 Å². The average molecular weight is 414 g/mol. The van der Waals surface area contributed by atoms with Crippen molar-refractivity contribution in [3.63, 3.8) is 0 Å². The fraction of sp³-hybridized carbons (Fsp3) is 0.0385. The van der Waals surface area contributed by atoms with Crippen molar-refractivity contribution in [2.75, 3.05) is 10.2 Å². The van der Waals surface area contributed by atoms with Crippen LogP contribution in [0.15, 0.2) is 77.6 Å². The van der Waals surface area contributed by atoms with Crippen LogP contribution >= 0.6 is 0 Å². The summed E-state index contributed by atoms with van der Waals surface area (Å²) in [7, 11) is 0. The van der Waals surface area contributed by atoms with Crippen molar-refractivity contribution in [3.05, 3.63) is 94.3 Å². The van der Waals surface area contributed by atoms with Crippen molar-refractivity contribution in [3.8, 4) is 0 Å². The Morgan fingerprint density at radius 2 is 1.62 bits per heavy atom. The quantitative estimate of drug-likeness (QED) is 0.392. The first kappa shape index (κ1) is 16.3. The van der Waals surface area contributed by atoms with Crippen LogP contribution in [0.4, 0.5) is 11.4 Å². The van der Waals surface area contributed by atoms with E-state index in [-0.39, 0.29) is 17.6 Å². The molecule has 4 heterocycles. The maximum atomic E-state index is 13.6. The van der Waals surface area contributed by atoms with E-state index < -0.39 is 0 Å². The predicted octanol–water partition coefficient (Wildman–Crippen LogP) is 4.68. The number of amides is 1. The third kappa shape index (κ3) is 1.69. The summed E-state index contributed by atoms with van der Waals surface area (Å²) in [6.07, 6.45) is -0.299.